The number of thioether (sulfide) groups is 1. The zero-order valence-corrected chi connectivity index (χ0v) is 18.4. The monoisotopic (exact) mass is 434 g/mol. The van der Waals surface area contributed by atoms with E-state index in [9.17, 15) is 9.59 Å². The van der Waals surface area contributed by atoms with Crippen molar-refractivity contribution in [1.29, 1.82) is 0 Å². The smallest absolute Gasteiger partial charge is 0.242 e. The highest BCUT2D eigenvalue weighted by Crippen LogP contribution is 2.37. The van der Waals surface area contributed by atoms with Crippen LogP contribution in [0.2, 0.25) is 0 Å². The molecule has 0 radical (unpaired) electrons. The quantitative estimate of drug-likeness (QED) is 0.411. The third kappa shape index (κ3) is 6.36. The molecule has 0 spiro atoms. The molecule has 3 rings (SSSR count). The average Bonchev–Trinajstić information content (AvgIpc) is 2.79. The number of nitrogens with one attached hydrogen (secondary N) is 2. The Morgan fingerprint density at radius 1 is 0.903 bits per heavy atom. The number of carbonyl (C=O) groups excluding carboxylic acids is 2. The minimum absolute atomic E-state index is 0.00116. The molecule has 0 fully saturated rings. The minimum atomic E-state index is -0.452. The van der Waals surface area contributed by atoms with Crippen LogP contribution in [0.3, 0.4) is 0 Å². The van der Waals surface area contributed by atoms with E-state index in [4.69, 9.17) is 4.74 Å². The summed E-state index contributed by atoms with van der Waals surface area (Å²) >= 11 is 1.45. The molecule has 1 unspecified atom stereocenters. The first-order chi connectivity index (χ1) is 15.1. The van der Waals surface area contributed by atoms with Gasteiger partial charge < -0.3 is 15.4 Å². The van der Waals surface area contributed by atoms with E-state index < -0.39 is 5.25 Å². The van der Waals surface area contributed by atoms with Gasteiger partial charge in [-0.05, 0) is 48.4 Å². The van der Waals surface area contributed by atoms with Gasteiger partial charge >= 0.3 is 0 Å². The summed E-state index contributed by atoms with van der Waals surface area (Å²) < 4.78 is 5.36. The van der Waals surface area contributed by atoms with E-state index in [-0.39, 0.29) is 11.8 Å². The topological polar surface area (TPSA) is 67.4 Å². The molecule has 31 heavy (non-hydrogen) atoms. The Morgan fingerprint density at radius 3 is 2.26 bits per heavy atom. The molecule has 1 atom stereocenters. The molecule has 0 saturated heterocycles. The molecule has 6 heteroatoms. The van der Waals surface area contributed by atoms with E-state index in [1.165, 1.54) is 11.8 Å². The molecule has 0 aromatic heterocycles. The van der Waals surface area contributed by atoms with Crippen LogP contribution in [0.4, 0.5) is 11.4 Å². The molecule has 2 amide bonds. The van der Waals surface area contributed by atoms with Gasteiger partial charge in [0.05, 0.1) is 12.8 Å². The summed E-state index contributed by atoms with van der Waals surface area (Å²) in [5, 5.41) is 5.42. The highest BCUT2D eigenvalue weighted by molar-refractivity contribution is 8.00. The van der Waals surface area contributed by atoms with Gasteiger partial charge in [-0.2, -0.15) is 0 Å². The number of hydrogen-bond acceptors (Lipinski definition) is 4. The first-order valence-electron chi connectivity index (χ1n) is 10.2. The summed E-state index contributed by atoms with van der Waals surface area (Å²) in [6, 6.07) is 24.5. The summed E-state index contributed by atoms with van der Waals surface area (Å²) in [6.45, 7) is 1.97. The first kappa shape index (κ1) is 22.4. The fourth-order valence-corrected chi connectivity index (χ4v) is 4.07. The van der Waals surface area contributed by atoms with Crippen LogP contribution >= 0.6 is 11.8 Å². The summed E-state index contributed by atoms with van der Waals surface area (Å²) in [6.07, 6.45) is 1.30. The molecule has 0 aliphatic carbocycles. The van der Waals surface area contributed by atoms with E-state index in [0.29, 0.717) is 17.9 Å². The lowest BCUT2D eigenvalue weighted by Gasteiger charge is -2.18. The maximum atomic E-state index is 13.2. The molecular formula is C25H26N2O3S. The first-order valence-corrected chi connectivity index (χ1v) is 11.0. The molecule has 0 aliphatic heterocycles. The van der Waals surface area contributed by atoms with Crippen molar-refractivity contribution in [3.8, 4) is 5.75 Å². The Morgan fingerprint density at radius 2 is 1.58 bits per heavy atom. The highest BCUT2D eigenvalue weighted by Gasteiger charge is 2.23. The minimum Gasteiger partial charge on any atom is -0.495 e. The summed E-state index contributed by atoms with van der Waals surface area (Å²) in [5.41, 5.74) is 2.28. The number of ether oxygens (including phenoxy) is 1. The van der Waals surface area contributed by atoms with E-state index in [2.05, 4.69) is 10.6 Å². The van der Waals surface area contributed by atoms with E-state index in [1.807, 2.05) is 85.8 Å². The van der Waals surface area contributed by atoms with Gasteiger partial charge in [-0.3, -0.25) is 9.59 Å². The van der Waals surface area contributed by atoms with Crippen molar-refractivity contribution in [3.05, 3.63) is 84.4 Å². The van der Waals surface area contributed by atoms with Gasteiger partial charge in [0.15, 0.2) is 0 Å². The Bertz CT molecular complexity index is 1010. The molecule has 0 bridgehead atoms. The zero-order valence-electron chi connectivity index (χ0n) is 17.6. The number of rotatable bonds is 9. The molecule has 160 valence electrons. The summed E-state index contributed by atoms with van der Waals surface area (Å²) in [4.78, 5) is 25.9. The van der Waals surface area contributed by atoms with Crippen LogP contribution in [0, 0.1) is 0 Å². The number of benzene rings is 3. The van der Waals surface area contributed by atoms with Crippen molar-refractivity contribution in [2.24, 2.45) is 0 Å². The Hall–Kier alpha value is -3.25. The number of carbonyl (C=O) groups is 2. The molecule has 2 N–H and O–H groups in total. The van der Waals surface area contributed by atoms with Crippen LogP contribution in [0.1, 0.15) is 30.6 Å². The lowest BCUT2D eigenvalue weighted by molar-refractivity contribution is -0.116. The van der Waals surface area contributed by atoms with Crippen LogP contribution < -0.4 is 15.4 Å². The number of hydrogen-bond donors (Lipinski definition) is 2. The van der Waals surface area contributed by atoms with E-state index in [1.54, 1.807) is 7.11 Å². The van der Waals surface area contributed by atoms with Gasteiger partial charge in [0.2, 0.25) is 11.8 Å². The van der Waals surface area contributed by atoms with Crippen LogP contribution in [-0.2, 0) is 9.59 Å². The maximum absolute atomic E-state index is 13.2. The van der Waals surface area contributed by atoms with Gasteiger partial charge in [-0.25, -0.2) is 0 Å². The molecule has 0 heterocycles. The molecule has 3 aromatic rings. The Balaban J connectivity index is 1.78. The summed E-state index contributed by atoms with van der Waals surface area (Å²) in [5.74, 6) is 0.474. The largest absolute Gasteiger partial charge is 0.495 e. The number of para-hydroxylation sites is 2. The molecule has 0 saturated carbocycles. The van der Waals surface area contributed by atoms with Crippen molar-refractivity contribution < 1.29 is 14.3 Å². The normalized spacial score (nSPS) is 11.4. The van der Waals surface area contributed by atoms with Crippen molar-refractivity contribution in [2.45, 2.75) is 29.9 Å². The van der Waals surface area contributed by atoms with Gasteiger partial charge in [0.1, 0.15) is 11.0 Å². The van der Waals surface area contributed by atoms with Crippen LogP contribution in [-0.4, -0.2) is 18.9 Å². The van der Waals surface area contributed by atoms with Crippen molar-refractivity contribution in [2.75, 3.05) is 17.7 Å². The fraction of sp³-hybridized carbons (Fsp3) is 0.200. The van der Waals surface area contributed by atoms with E-state index >= 15 is 0 Å². The number of anilines is 2. The van der Waals surface area contributed by atoms with Gasteiger partial charge in [-0.1, -0.05) is 49.4 Å². The van der Waals surface area contributed by atoms with Crippen molar-refractivity contribution in [1.82, 2.24) is 0 Å². The van der Waals surface area contributed by atoms with Crippen molar-refractivity contribution in [3.63, 3.8) is 0 Å². The number of amides is 2. The Labute approximate surface area is 187 Å². The average molecular weight is 435 g/mol. The molecule has 0 aliphatic rings. The molecule has 5 nitrogen and oxygen atoms in total. The molecule has 3 aromatic carbocycles. The SMILES string of the molecule is CCCC(=O)Nc1ccc(SC(C(=O)Nc2ccccc2OC)c2ccccc2)cc1. The van der Waals surface area contributed by atoms with Crippen LogP contribution in [0.25, 0.3) is 0 Å². The zero-order chi connectivity index (χ0) is 22.1. The lowest BCUT2D eigenvalue weighted by atomic mass is 10.1. The third-order valence-corrected chi connectivity index (χ3v) is 5.84. The Kier molecular flexibility index (Phi) is 8.12. The standard InChI is InChI=1S/C25H26N2O3S/c1-3-9-23(28)26-19-14-16-20(17-15-19)31-24(18-10-5-4-6-11-18)25(29)27-21-12-7-8-13-22(21)30-2/h4-8,10-17,24H,3,9H2,1-2H3,(H,26,28)(H,27,29). The third-order valence-electron chi connectivity index (χ3n) is 4.57. The van der Waals surface area contributed by atoms with Crippen LogP contribution in [0.5, 0.6) is 5.75 Å². The predicted octanol–water partition coefficient (Wildman–Crippen LogP) is 5.91. The predicted molar refractivity (Wildman–Crippen MR) is 127 cm³/mol. The highest BCUT2D eigenvalue weighted by atomic mass is 32.2. The van der Waals surface area contributed by atoms with Gasteiger partial charge in [0, 0.05) is 17.0 Å². The lowest BCUT2D eigenvalue weighted by Crippen LogP contribution is -2.19. The number of methoxy groups -OCH3 is 1. The van der Waals surface area contributed by atoms with Gasteiger partial charge in [-0.15, -0.1) is 11.8 Å². The second-order valence-electron chi connectivity index (χ2n) is 6.92. The van der Waals surface area contributed by atoms with E-state index in [0.717, 1.165) is 22.6 Å². The maximum Gasteiger partial charge on any atom is 0.242 e. The van der Waals surface area contributed by atoms with Crippen molar-refractivity contribution >= 4 is 35.0 Å². The van der Waals surface area contributed by atoms with Gasteiger partial charge in [0.25, 0.3) is 0 Å². The fourth-order valence-electron chi connectivity index (χ4n) is 3.05. The second-order valence-corrected chi connectivity index (χ2v) is 8.10. The second kappa shape index (κ2) is 11.2. The van der Waals surface area contributed by atoms with Crippen LogP contribution in [0.15, 0.2) is 83.8 Å². The molecular weight excluding hydrogens is 408 g/mol. The summed E-state index contributed by atoms with van der Waals surface area (Å²) in [7, 11) is 1.58.